The number of nitrogens with one attached hydrogen (secondary N) is 4. The summed E-state index contributed by atoms with van der Waals surface area (Å²) in [5.74, 6) is -4.14. The van der Waals surface area contributed by atoms with Crippen LogP contribution in [0.2, 0.25) is 0 Å². The first-order chi connectivity index (χ1) is 48.2. The quantitative estimate of drug-likeness (QED) is 0.0226. The van der Waals surface area contributed by atoms with Crippen LogP contribution in [0.25, 0.3) is 0 Å². The van der Waals surface area contributed by atoms with Gasteiger partial charge in [-0.3, -0.25) is 19.2 Å². The van der Waals surface area contributed by atoms with E-state index in [1.54, 1.807) is 0 Å². The van der Waals surface area contributed by atoms with Crippen LogP contribution in [0, 0.1) is 5.92 Å². The number of carbonyl (C=O) groups excluding carboxylic acids is 4. The standard InChI is InChI=1S/C58H100N4O40/c1-16(7-63)34(75)35(76)22(74)14-89-102-49-28(13-69)95-55(33(43(49)84)62-21(6)73)101-52-45(86)38(79)25(10-66)93-58(52)99-50-39(80)29(15-88-57-51(44(85)37(78)24(9-65)92-57)100-53-31(60-19(4)71)40(81)36(77)23(8-64)91-53)96-56(46(50)87)98-48-27(12-68)94-54(32(42(48)83)61-20(5)72)97-47-26(11-67)90-17(2)30(41(47)82)59-18(3)70/h16-17,22-58,63-69,74-87H,7-15H2,1-6H3,(H,59,70)(H,60,71)(H,61,72)(H,62,73)/t16?,17-,22+,23-,24?,25?,26?,27?,28?,29?,30+,31?,32?,33-,34-,35?,36+,37+,38+,39+,40?,41?,42+,43?,44?,45?,46+,47+,48+,49+,50-,51+,52?,53-,54-,55-,56?,57-,58+/m0/s1. The van der Waals surface area contributed by atoms with Gasteiger partial charge in [0.05, 0.1) is 64.5 Å². The molecule has 17 unspecified atom stereocenters. The van der Waals surface area contributed by atoms with Gasteiger partial charge in [0.1, 0.15) is 183 Å². The Morgan fingerprint density at radius 1 is 0.363 bits per heavy atom. The Bertz CT molecular complexity index is 2610. The van der Waals surface area contributed by atoms with E-state index in [0.29, 0.717) is 0 Å². The van der Waals surface area contributed by atoms with Crippen molar-refractivity contribution in [2.24, 2.45) is 5.92 Å². The predicted octanol–water partition coefficient (Wildman–Crippen LogP) is -16.0. The minimum absolute atomic E-state index is 0.590. The molecule has 7 saturated heterocycles. The van der Waals surface area contributed by atoms with Crippen molar-refractivity contribution < 1.29 is 198 Å². The summed E-state index contributed by atoms with van der Waals surface area (Å²) in [5, 5.41) is 241. The second-order valence-electron chi connectivity index (χ2n) is 25.9. The van der Waals surface area contributed by atoms with Gasteiger partial charge < -0.3 is 190 Å². The molecule has 7 aliphatic rings. The van der Waals surface area contributed by atoms with Crippen LogP contribution in [-0.4, -0.2) is 423 Å². The highest BCUT2D eigenvalue weighted by Crippen LogP contribution is 2.38. The Balaban J connectivity index is 1.24. The zero-order valence-electron chi connectivity index (χ0n) is 56.0. The monoisotopic (exact) mass is 1490 g/mol. The summed E-state index contributed by atoms with van der Waals surface area (Å²) in [4.78, 5) is 60.7. The lowest BCUT2D eigenvalue weighted by Crippen LogP contribution is -2.70. The molecule has 44 heteroatoms. The molecule has 0 aromatic rings. The van der Waals surface area contributed by atoms with E-state index in [2.05, 4.69) is 21.3 Å². The third-order valence-corrected chi connectivity index (χ3v) is 18.4. The Kier molecular flexibility index (Phi) is 32.3. The third-order valence-electron chi connectivity index (χ3n) is 18.4. The number of aliphatic hydroxyl groups excluding tert-OH is 21. The fourth-order valence-corrected chi connectivity index (χ4v) is 12.8. The van der Waals surface area contributed by atoms with Crippen molar-refractivity contribution in [1.29, 1.82) is 0 Å². The maximum Gasteiger partial charge on any atom is 0.217 e. The van der Waals surface area contributed by atoms with E-state index in [0.717, 1.165) is 27.7 Å². The average molecular weight is 1490 g/mol. The summed E-state index contributed by atoms with van der Waals surface area (Å²) < 4.78 is 78.1. The minimum Gasteiger partial charge on any atom is -0.396 e. The number of carbonyl (C=O) groups is 4. The van der Waals surface area contributed by atoms with Crippen LogP contribution >= 0.6 is 0 Å². The van der Waals surface area contributed by atoms with Gasteiger partial charge in [-0.25, -0.2) is 9.78 Å². The predicted molar refractivity (Wildman–Crippen MR) is 321 cm³/mol. The van der Waals surface area contributed by atoms with Crippen molar-refractivity contribution in [1.82, 2.24) is 21.3 Å². The van der Waals surface area contributed by atoms with Gasteiger partial charge in [0, 0.05) is 40.2 Å². The molecule has 7 rings (SSSR count). The first-order valence-electron chi connectivity index (χ1n) is 32.8. The summed E-state index contributed by atoms with van der Waals surface area (Å²) in [7, 11) is 0. The van der Waals surface area contributed by atoms with E-state index in [1.807, 2.05) is 0 Å². The largest absolute Gasteiger partial charge is 0.396 e. The Hall–Kier alpha value is -3.56. The van der Waals surface area contributed by atoms with Gasteiger partial charge in [0.25, 0.3) is 0 Å². The van der Waals surface area contributed by atoms with Crippen LogP contribution in [-0.2, 0) is 90.5 Å². The van der Waals surface area contributed by atoms with Gasteiger partial charge in [-0.05, 0) is 6.92 Å². The highest BCUT2D eigenvalue weighted by molar-refractivity contribution is 5.74. The molecule has 0 bridgehead atoms. The van der Waals surface area contributed by atoms with E-state index >= 15 is 0 Å². The summed E-state index contributed by atoms with van der Waals surface area (Å²) in [6.07, 6.45) is -66.9. The van der Waals surface area contributed by atoms with Crippen LogP contribution < -0.4 is 21.3 Å². The number of amides is 4. The van der Waals surface area contributed by atoms with Crippen LogP contribution in [0.15, 0.2) is 0 Å². The van der Waals surface area contributed by atoms with Gasteiger partial charge in [0.15, 0.2) is 37.7 Å². The topological polar surface area (TPSA) is 680 Å². The molecule has 7 heterocycles. The third kappa shape index (κ3) is 20.0. The lowest BCUT2D eigenvalue weighted by Gasteiger charge is -2.51. The summed E-state index contributed by atoms with van der Waals surface area (Å²) >= 11 is 0. The first-order valence-corrected chi connectivity index (χ1v) is 32.8. The van der Waals surface area contributed by atoms with Crippen LogP contribution in [0.4, 0.5) is 0 Å². The molecule has 7 aliphatic heterocycles. The SMILES string of the molecule is CC(=O)NC1C(O)[C@H](O)[C@H](CO)O[C@H]1O[C@@H]1C(O)[C@H](O)C(CO)O[C@@H]1OCC1OC(O[C@@H]2C(CO)O[C@@H](O[C@@H]3C(CO)O[C@@H](C)[C@@H](NC(C)=O)C3O)C(NC(C)=O)[C@H]2O)[C@H](O)[C@@H](O[C@H]2OC(CO)[C@@H](O)C(O)C2O[C@@H]2OC(CO)[C@@H](OOC[C@@H](O)C(O)[C@@H](O)C(C)CO)C(O)[C@@H]2NC(C)=O)[C@@H]1O. The molecule has 0 aliphatic carbocycles. The van der Waals surface area contributed by atoms with Gasteiger partial charge >= 0.3 is 0 Å². The number of hydrogen-bond acceptors (Lipinski definition) is 40. The summed E-state index contributed by atoms with van der Waals surface area (Å²) in [5.41, 5.74) is 0. The highest BCUT2D eigenvalue weighted by Gasteiger charge is 2.59. The zero-order chi connectivity index (χ0) is 75.6. The minimum atomic E-state index is -2.49. The molecule has 0 aromatic carbocycles. The summed E-state index contributed by atoms with van der Waals surface area (Å²) in [6, 6.07) is -6.56. The lowest BCUT2D eigenvalue weighted by atomic mass is 9.92. The molecule has 39 atom stereocenters. The molecule has 592 valence electrons. The second kappa shape index (κ2) is 38.5. The maximum atomic E-state index is 12.9. The molecule has 4 amide bonds. The van der Waals surface area contributed by atoms with Crippen molar-refractivity contribution in [2.75, 3.05) is 59.5 Å². The number of rotatable bonds is 31. The number of hydrogen-bond donors (Lipinski definition) is 25. The molecule has 25 N–H and O–H groups in total. The molecule has 44 nitrogen and oxygen atoms in total. The van der Waals surface area contributed by atoms with Crippen molar-refractivity contribution in [3.05, 3.63) is 0 Å². The van der Waals surface area contributed by atoms with Crippen molar-refractivity contribution >= 4 is 23.6 Å². The van der Waals surface area contributed by atoms with E-state index in [-0.39, 0.29) is 0 Å². The Morgan fingerprint density at radius 2 is 0.716 bits per heavy atom. The smallest absolute Gasteiger partial charge is 0.217 e. The highest BCUT2D eigenvalue weighted by atomic mass is 17.2. The Morgan fingerprint density at radius 3 is 1.19 bits per heavy atom. The van der Waals surface area contributed by atoms with Gasteiger partial charge in [-0.15, -0.1) is 0 Å². The zero-order valence-corrected chi connectivity index (χ0v) is 56.0. The van der Waals surface area contributed by atoms with Crippen molar-refractivity contribution in [3.63, 3.8) is 0 Å². The van der Waals surface area contributed by atoms with Crippen LogP contribution in [0.1, 0.15) is 41.5 Å². The molecular weight excluding hydrogens is 1390 g/mol. The average Bonchev–Trinajstić information content (AvgIpc) is 0.771. The van der Waals surface area contributed by atoms with Crippen LogP contribution in [0.5, 0.6) is 0 Å². The van der Waals surface area contributed by atoms with Gasteiger partial charge in [-0.1, -0.05) is 6.92 Å². The van der Waals surface area contributed by atoms with Gasteiger partial charge in [0.2, 0.25) is 23.6 Å². The second-order valence-corrected chi connectivity index (χ2v) is 25.9. The molecule has 7 fully saturated rings. The van der Waals surface area contributed by atoms with E-state index < -0.39 is 322 Å². The van der Waals surface area contributed by atoms with E-state index in [1.165, 1.54) is 13.8 Å². The molecule has 0 spiro atoms. The lowest BCUT2D eigenvalue weighted by molar-refractivity contribution is -0.410. The Labute approximate surface area is 581 Å². The number of aliphatic hydroxyl groups is 21. The van der Waals surface area contributed by atoms with E-state index in [4.69, 9.17) is 71.4 Å². The maximum absolute atomic E-state index is 12.9. The molecule has 0 aromatic heterocycles. The molecule has 0 saturated carbocycles. The fraction of sp³-hybridized carbons (Fsp3) is 0.931. The number of ether oxygens (including phenoxy) is 13. The normalized spacial score (nSPS) is 44.7. The van der Waals surface area contributed by atoms with Gasteiger partial charge in [-0.2, -0.15) is 0 Å². The fourth-order valence-electron chi connectivity index (χ4n) is 12.8. The molecule has 0 radical (unpaired) electrons. The first kappa shape index (κ1) is 85.7. The van der Waals surface area contributed by atoms with E-state index in [9.17, 15) is 126 Å². The molecule has 102 heavy (non-hydrogen) atoms. The van der Waals surface area contributed by atoms with Crippen molar-refractivity contribution in [2.45, 2.75) is 274 Å². The van der Waals surface area contributed by atoms with Crippen LogP contribution in [0.3, 0.4) is 0 Å². The summed E-state index contributed by atoms with van der Waals surface area (Å²) in [6.45, 7) is -1.83. The van der Waals surface area contributed by atoms with Crippen molar-refractivity contribution in [3.8, 4) is 0 Å². The molecular formula is C58H100N4O40.